The second kappa shape index (κ2) is 18.1. The van der Waals surface area contributed by atoms with Crippen molar-refractivity contribution in [3.05, 3.63) is 113 Å². The highest BCUT2D eigenvalue weighted by Crippen LogP contribution is 2.41. The van der Waals surface area contributed by atoms with E-state index < -0.39 is 41.4 Å². The number of nitrogens with zero attached hydrogens (tertiary/aromatic N) is 6. The van der Waals surface area contributed by atoms with Gasteiger partial charge in [-0.15, -0.1) is 28.4 Å². The van der Waals surface area contributed by atoms with Gasteiger partial charge in [0, 0.05) is 53.3 Å². The first-order chi connectivity index (χ1) is 23.5. The van der Waals surface area contributed by atoms with Gasteiger partial charge in [-0.3, -0.25) is 9.69 Å². The topological polar surface area (TPSA) is 136 Å². The lowest BCUT2D eigenvalue weighted by molar-refractivity contribution is -0.753. The predicted molar refractivity (Wildman–Crippen MR) is 183 cm³/mol. The van der Waals surface area contributed by atoms with E-state index in [4.69, 9.17) is 14.5 Å². The number of ether oxygens (including phenoxy) is 2. The Labute approximate surface area is 309 Å². The van der Waals surface area contributed by atoms with Crippen molar-refractivity contribution in [1.82, 2.24) is 25.1 Å². The molecule has 0 saturated heterocycles. The molecular formula is C34H37Cl2F2N7O5S. The van der Waals surface area contributed by atoms with E-state index in [0.29, 0.717) is 16.3 Å². The number of nitrogens with one attached hydrogen (secondary N) is 1. The Kier molecular flexibility index (Phi) is 14.5. The first-order valence-corrected chi connectivity index (χ1v) is 16.2. The monoisotopic (exact) mass is 763 g/mol. The third-order valence-electron chi connectivity index (χ3n) is 7.94. The lowest BCUT2D eigenvalue weighted by Gasteiger charge is -2.32. The van der Waals surface area contributed by atoms with Gasteiger partial charge in [0.05, 0.1) is 17.2 Å². The second-order valence-electron chi connectivity index (χ2n) is 11.3. The standard InChI is InChI=1S/C34H36F2N7O5S.2ClH/c1-22(32-40-29(18-49-32)24-9-6-5-7-10-24)34(46,27-15-26(35)12-13-28(27)36)19-43-21-42(20-39-43)23(2)48-33(45)41(4)31-25(11-8-14-38-31)17-47-30(44)16-37-3;;/h5-15,18,20-23,37,46H,16-17,19H2,1-4H3;2*1H/q+1;;/p-1/t22-,23?,34+;;/m0../s1. The molecule has 0 aliphatic carbocycles. The average Bonchev–Trinajstić information content (AvgIpc) is 3.79. The summed E-state index contributed by atoms with van der Waals surface area (Å²) in [5.74, 6) is -2.51. The molecule has 0 aliphatic heterocycles. The van der Waals surface area contributed by atoms with Crippen LogP contribution in [0, 0.1) is 11.6 Å². The highest BCUT2D eigenvalue weighted by molar-refractivity contribution is 7.10. The van der Waals surface area contributed by atoms with Gasteiger partial charge >= 0.3 is 12.1 Å². The van der Waals surface area contributed by atoms with Crippen molar-refractivity contribution in [2.75, 3.05) is 25.5 Å². The number of amides is 1. The fourth-order valence-corrected chi connectivity index (χ4v) is 6.11. The smallest absolute Gasteiger partial charge is 0.418 e. The highest BCUT2D eigenvalue weighted by Gasteiger charge is 2.43. The Balaban J connectivity index is 0.00000351. The molecule has 0 saturated carbocycles. The number of esters is 1. The van der Waals surface area contributed by atoms with Crippen molar-refractivity contribution in [2.24, 2.45) is 0 Å². The van der Waals surface area contributed by atoms with E-state index in [1.54, 1.807) is 33.0 Å². The Hall–Kier alpha value is -4.54. The summed E-state index contributed by atoms with van der Waals surface area (Å²) < 4.78 is 43.5. The third kappa shape index (κ3) is 9.62. The molecule has 0 radical (unpaired) electrons. The van der Waals surface area contributed by atoms with Gasteiger partial charge in [-0.25, -0.2) is 23.5 Å². The first kappa shape index (κ1) is 40.9. The van der Waals surface area contributed by atoms with E-state index in [1.165, 1.54) is 51.4 Å². The number of likely N-dealkylation sites (N-methyl/N-ethyl adjacent to an activating group) is 1. The molecule has 0 spiro atoms. The molecule has 3 atom stereocenters. The van der Waals surface area contributed by atoms with Gasteiger partial charge in [0.15, 0.2) is 0 Å². The average molecular weight is 765 g/mol. The number of thiazole rings is 1. The van der Waals surface area contributed by atoms with Gasteiger partial charge in [-0.05, 0) is 31.3 Å². The van der Waals surface area contributed by atoms with Gasteiger partial charge in [0.2, 0.25) is 12.6 Å². The first-order valence-electron chi connectivity index (χ1n) is 15.3. The summed E-state index contributed by atoms with van der Waals surface area (Å²) in [5.41, 5.74) is -0.170. The maximum absolute atomic E-state index is 15.3. The lowest BCUT2D eigenvalue weighted by Crippen LogP contribution is -3.00. The zero-order valence-electron chi connectivity index (χ0n) is 28.1. The molecular weight excluding hydrogens is 727 g/mol. The minimum Gasteiger partial charge on any atom is -1.00 e. The van der Waals surface area contributed by atoms with Crippen molar-refractivity contribution < 1.29 is 49.9 Å². The molecule has 12 nitrogen and oxygen atoms in total. The van der Waals surface area contributed by atoms with E-state index in [0.717, 1.165) is 23.8 Å². The van der Waals surface area contributed by atoms with Crippen LogP contribution in [0.4, 0.5) is 19.4 Å². The summed E-state index contributed by atoms with van der Waals surface area (Å²) in [5, 5.41) is 21.6. The SMILES string of the molecule is CNCC(=O)OCc1cccnc1N(C)C(=O)OC(C)[n+]1cnn(C[C@](O)(c2cc(F)ccc2F)[C@@H](C)c2nc(-c3ccccc3)cs2)c1.Cl.[Cl-]. The largest absolute Gasteiger partial charge is 1.00 e. The Morgan fingerprint density at radius 3 is 2.61 bits per heavy atom. The van der Waals surface area contributed by atoms with Crippen molar-refractivity contribution in [3.8, 4) is 11.3 Å². The van der Waals surface area contributed by atoms with Crippen LogP contribution in [0.1, 0.15) is 42.1 Å². The number of carbonyl (C=O) groups excluding carboxylic acids is 2. The van der Waals surface area contributed by atoms with Crippen LogP contribution >= 0.6 is 23.7 Å². The maximum atomic E-state index is 15.3. The van der Waals surface area contributed by atoms with Crippen LogP contribution in [0.3, 0.4) is 0 Å². The summed E-state index contributed by atoms with van der Waals surface area (Å²) in [6.45, 7) is 2.96. The van der Waals surface area contributed by atoms with Gasteiger partial charge in [0.1, 0.15) is 36.2 Å². The molecule has 5 rings (SSSR count). The fourth-order valence-electron chi connectivity index (χ4n) is 5.14. The van der Waals surface area contributed by atoms with Crippen molar-refractivity contribution in [2.45, 2.75) is 44.7 Å². The minimum absolute atomic E-state index is 0. The maximum Gasteiger partial charge on any atom is 0.418 e. The predicted octanol–water partition coefficient (Wildman–Crippen LogP) is 2.14. The molecule has 272 valence electrons. The Morgan fingerprint density at radius 1 is 1.14 bits per heavy atom. The number of halogens is 4. The number of benzene rings is 2. The number of rotatable bonds is 13. The summed E-state index contributed by atoms with van der Waals surface area (Å²) in [6, 6.07) is 15.8. The number of aromatic nitrogens is 5. The van der Waals surface area contributed by atoms with Crippen LogP contribution in [0.15, 0.2) is 84.9 Å². The van der Waals surface area contributed by atoms with Gasteiger partial charge in [-0.1, -0.05) is 43.3 Å². The normalized spacial score (nSPS) is 13.2. The number of hydrogen-bond acceptors (Lipinski definition) is 10. The molecule has 17 heteroatoms. The molecule has 1 unspecified atom stereocenters. The van der Waals surface area contributed by atoms with E-state index in [9.17, 15) is 19.1 Å². The zero-order chi connectivity index (χ0) is 35.1. The molecule has 51 heavy (non-hydrogen) atoms. The van der Waals surface area contributed by atoms with Crippen molar-refractivity contribution >= 4 is 41.6 Å². The number of pyridine rings is 1. The summed E-state index contributed by atoms with van der Waals surface area (Å²) in [6.07, 6.45) is 2.73. The van der Waals surface area contributed by atoms with E-state index in [-0.39, 0.29) is 55.9 Å². The second-order valence-corrected chi connectivity index (χ2v) is 12.2. The lowest BCUT2D eigenvalue weighted by atomic mass is 9.82. The van der Waals surface area contributed by atoms with Gasteiger partial charge in [0.25, 0.3) is 6.33 Å². The number of hydrogen-bond donors (Lipinski definition) is 2. The quantitative estimate of drug-likeness (QED) is 0.137. The third-order valence-corrected chi connectivity index (χ3v) is 8.96. The van der Waals surface area contributed by atoms with E-state index in [2.05, 4.69) is 15.4 Å². The molecule has 3 aromatic heterocycles. The molecule has 2 aromatic carbocycles. The summed E-state index contributed by atoms with van der Waals surface area (Å²) in [4.78, 5) is 35.1. The minimum atomic E-state index is -1.99. The number of anilines is 1. The van der Waals surface area contributed by atoms with Crippen LogP contribution in [0.25, 0.3) is 11.3 Å². The molecule has 1 amide bonds. The van der Waals surface area contributed by atoms with Crippen LogP contribution in [0.5, 0.6) is 0 Å². The molecule has 5 aromatic rings. The van der Waals surface area contributed by atoms with Crippen LogP contribution in [-0.4, -0.2) is 57.6 Å². The molecule has 0 aliphatic rings. The Morgan fingerprint density at radius 2 is 1.88 bits per heavy atom. The molecule has 0 fully saturated rings. The van der Waals surface area contributed by atoms with Crippen molar-refractivity contribution in [1.29, 1.82) is 0 Å². The Bertz CT molecular complexity index is 1920. The van der Waals surface area contributed by atoms with Crippen LogP contribution in [-0.2, 0) is 33.0 Å². The fraction of sp³-hybridized carbons (Fsp3) is 0.294. The van der Waals surface area contributed by atoms with Gasteiger partial charge < -0.3 is 32.3 Å². The number of aliphatic hydroxyl groups is 1. The summed E-state index contributed by atoms with van der Waals surface area (Å²) in [7, 11) is 3.10. The van der Waals surface area contributed by atoms with Crippen molar-refractivity contribution in [3.63, 3.8) is 0 Å². The van der Waals surface area contributed by atoms with E-state index >= 15 is 4.39 Å². The highest BCUT2D eigenvalue weighted by atomic mass is 35.5. The van der Waals surface area contributed by atoms with Crippen LogP contribution in [0.2, 0.25) is 0 Å². The van der Waals surface area contributed by atoms with Gasteiger partial charge in [-0.2, -0.15) is 4.57 Å². The van der Waals surface area contributed by atoms with E-state index in [1.807, 2.05) is 35.7 Å². The number of carbonyl (C=O) groups is 2. The molecule has 2 N–H and O–H groups in total. The summed E-state index contributed by atoms with van der Waals surface area (Å²) >= 11 is 1.30. The zero-order valence-corrected chi connectivity index (χ0v) is 30.5. The molecule has 0 bridgehead atoms. The van der Waals surface area contributed by atoms with Crippen LogP contribution < -0.4 is 27.2 Å². The molecule has 3 heterocycles.